The lowest BCUT2D eigenvalue weighted by Crippen LogP contribution is -2.58. The molecule has 1 saturated heterocycles. The summed E-state index contributed by atoms with van der Waals surface area (Å²) in [5, 5.41) is 21.7. The minimum Gasteiger partial charge on any atom is -0.397 e. The molecule has 5 rings (SSSR count). The molecule has 2 heterocycles. The summed E-state index contributed by atoms with van der Waals surface area (Å²) >= 11 is 1.57. The fraction of sp³-hybridized carbons (Fsp3) is 0.458. The molecule has 17 heteroatoms. The van der Waals surface area contributed by atoms with Crippen LogP contribution in [-0.2, 0) is 35.2 Å². The van der Waals surface area contributed by atoms with Crippen molar-refractivity contribution in [2.24, 2.45) is 5.41 Å². The molecule has 1 fully saturated rings. The molecule has 4 aromatic rings. The van der Waals surface area contributed by atoms with Gasteiger partial charge in [-0.05, 0) is 78.8 Å². The van der Waals surface area contributed by atoms with Gasteiger partial charge < -0.3 is 46.5 Å². The predicted octanol–water partition coefficient (Wildman–Crippen LogP) is 6.60. The molecule has 7 N–H and O–H groups in total. The Hall–Kier alpha value is -5.75. The number of nitrogen functional groups attached to an aromatic ring is 1. The molecule has 1 unspecified atom stereocenters. The zero-order valence-corrected chi connectivity index (χ0v) is 38.4. The molecule has 15 nitrogen and oxygen atoms in total. The molecular formula is C48H62FN7O8S. The summed E-state index contributed by atoms with van der Waals surface area (Å²) in [5.74, 6) is -2.44. The van der Waals surface area contributed by atoms with Crippen molar-refractivity contribution in [1.29, 1.82) is 0 Å². The van der Waals surface area contributed by atoms with Gasteiger partial charge in [0.2, 0.25) is 23.6 Å². The highest BCUT2D eigenvalue weighted by Gasteiger charge is 2.44. The van der Waals surface area contributed by atoms with Gasteiger partial charge in [-0.15, -0.1) is 11.3 Å². The number of carbonyl (C=O) groups excluding carboxylic acids is 5. The zero-order chi connectivity index (χ0) is 46.9. The molecule has 0 bridgehead atoms. The van der Waals surface area contributed by atoms with Gasteiger partial charge in [0.15, 0.2) is 0 Å². The number of carbonyl (C=O) groups is 5. The van der Waals surface area contributed by atoms with E-state index in [1.807, 2.05) is 57.5 Å². The van der Waals surface area contributed by atoms with Crippen molar-refractivity contribution in [3.8, 4) is 10.4 Å². The Morgan fingerprint density at radius 3 is 2.11 bits per heavy atom. The zero-order valence-electron chi connectivity index (χ0n) is 37.6. The van der Waals surface area contributed by atoms with Crippen molar-refractivity contribution >= 4 is 57.9 Å². The maximum atomic E-state index is 13.9. The van der Waals surface area contributed by atoms with Crippen LogP contribution in [0.2, 0.25) is 0 Å². The Kier molecular flexibility index (Phi) is 19.0. The van der Waals surface area contributed by atoms with Gasteiger partial charge in [-0.3, -0.25) is 24.0 Å². The summed E-state index contributed by atoms with van der Waals surface area (Å²) in [5.41, 5.74) is 11.1. The number of thiazole rings is 1. The number of aliphatic hydroxyl groups excluding tert-OH is 1. The van der Waals surface area contributed by atoms with Crippen molar-refractivity contribution in [2.45, 2.75) is 104 Å². The minimum absolute atomic E-state index is 0.00570. The standard InChI is InChI=1S/C48H62FN7O8S/c1-31-43(65-30-52-31)33-14-12-32(13-15-33)26-51-46(61)40-25-37(57)27-56(40)47(62)44(48(2,3)4)55-42(59)29-64-23-11-9-7-5-6-8-10-22-63-28-41(58)53-36-19-16-34(17-20-36)45(60)54-39-21-18-35(49)24-38(39)50/h12-21,24,30,37,40,44,57H,5-11,22-23,25-29,50H2,1-4H3,(H,51,61)(H,53,58)(H,54,60)(H,55,59)/t37-,40+,44?/m1/s1. The first-order valence-corrected chi connectivity index (χ1v) is 22.9. The summed E-state index contributed by atoms with van der Waals surface area (Å²) in [7, 11) is 0. The number of β-amino-alcohol motifs (C(OH)–C–C–N with tert-alkyl or cyclic N) is 1. The van der Waals surface area contributed by atoms with E-state index in [1.165, 1.54) is 17.0 Å². The van der Waals surface area contributed by atoms with Crippen LogP contribution in [0.15, 0.2) is 72.2 Å². The molecule has 350 valence electrons. The van der Waals surface area contributed by atoms with E-state index >= 15 is 0 Å². The van der Waals surface area contributed by atoms with Crippen LogP contribution in [0.5, 0.6) is 0 Å². The Labute approximate surface area is 384 Å². The van der Waals surface area contributed by atoms with E-state index in [2.05, 4.69) is 26.3 Å². The Balaban J connectivity index is 0.898. The number of hydrogen-bond acceptors (Lipinski definition) is 11. The first-order chi connectivity index (χ1) is 31.1. The van der Waals surface area contributed by atoms with Crippen LogP contribution < -0.4 is 27.0 Å². The van der Waals surface area contributed by atoms with Crippen LogP contribution in [0.1, 0.15) is 93.8 Å². The van der Waals surface area contributed by atoms with Gasteiger partial charge in [-0.1, -0.05) is 77.1 Å². The lowest BCUT2D eigenvalue weighted by molar-refractivity contribution is -0.144. The number of hydrogen-bond donors (Lipinski definition) is 6. The number of aliphatic hydroxyl groups is 1. The van der Waals surface area contributed by atoms with Gasteiger partial charge in [-0.25, -0.2) is 9.37 Å². The van der Waals surface area contributed by atoms with E-state index < -0.39 is 47.1 Å². The van der Waals surface area contributed by atoms with Crippen molar-refractivity contribution in [1.82, 2.24) is 20.5 Å². The van der Waals surface area contributed by atoms with Crippen LogP contribution >= 0.6 is 11.3 Å². The highest BCUT2D eigenvalue weighted by molar-refractivity contribution is 7.13. The van der Waals surface area contributed by atoms with E-state index in [1.54, 1.807) is 35.6 Å². The second kappa shape index (κ2) is 24.5. The molecular weight excluding hydrogens is 854 g/mol. The van der Waals surface area contributed by atoms with Crippen LogP contribution in [-0.4, -0.2) is 95.7 Å². The van der Waals surface area contributed by atoms with E-state index in [4.69, 9.17) is 15.2 Å². The monoisotopic (exact) mass is 915 g/mol. The number of aromatic nitrogens is 1. The average Bonchev–Trinajstić information content (AvgIpc) is 3.89. The lowest BCUT2D eigenvalue weighted by Gasteiger charge is -2.35. The summed E-state index contributed by atoms with van der Waals surface area (Å²) in [6, 6.07) is 16.1. The van der Waals surface area contributed by atoms with E-state index in [9.17, 15) is 33.5 Å². The maximum Gasteiger partial charge on any atom is 0.255 e. The number of halogens is 1. The molecule has 0 spiro atoms. The number of ether oxygens (including phenoxy) is 2. The van der Waals surface area contributed by atoms with Crippen LogP contribution in [0, 0.1) is 18.2 Å². The molecule has 5 amide bonds. The van der Waals surface area contributed by atoms with Crippen LogP contribution in [0.25, 0.3) is 10.4 Å². The van der Waals surface area contributed by atoms with Gasteiger partial charge >= 0.3 is 0 Å². The number of aryl methyl sites for hydroxylation is 1. The van der Waals surface area contributed by atoms with Crippen molar-refractivity contribution in [2.75, 3.05) is 49.3 Å². The quantitative estimate of drug-likeness (QED) is 0.0346. The number of benzene rings is 3. The molecule has 1 aliphatic heterocycles. The number of nitrogens with two attached hydrogens (primary N) is 1. The summed E-state index contributed by atoms with van der Waals surface area (Å²) in [4.78, 5) is 71.9. The largest absolute Gasteiger partial charge is 0.397 e. The predicted molar refractivity (Wildman–Crippen MR) is 249 cm³/mol. The Morgan fingerprint density at radius 1 is 0.877 bits per heavy atom. The van der Waals surface area contributed by atoms with Gasteiger partial charge in [0, 0.05) is 44.0 Å². The SMILES string of the molecule is Cc1ncsc1-c1ccc(CNC(=O)[C@@H]2C[C@@H](O)CN2C(=O)C(NC(=O)COCCCCCCCCCOCC(=O)Nc2ccc(C(=O)Nc3ccc(F)cc3N)cc2)C(C)(C)C)cc1. The second-order valence-electron chi connectivity index (χ2n) is 17.3. The third-order valence-electron chi connectivity index (χ3n) is 10.9. The summed E-state index contributed by atoms with van der Waals surface area (Å²) < 4.78 is 24.5. The molecule has 0 aliphatic carbocycles. The van der Waals surface area contributed by atoms with Crippen molar-refractivity contribution < 1.29 is 42.9 Å². The number of likely N-dealkylation sites (tertiary alicyclic amines) is 1. The molecule has 0 radical (unpaired) electrons. The van der Waals surface area contributed by atoms with Gasteiger partial charge in [0.1, 0.15) is 31.1 Å². The maximum absolute atomic E-state index is 13.9. The van der Waals surface area contributed by atoms with Crippen LogP contribution in [0.3, 0.4) is 0 Å². The number of anilines is 3. The number of amides is 5. The molecule has 1 aliphatic rings. The highest BCUT2D eigenvalue weighted by atomic mass is 32.1. The molecule has 3 atom stereocenters. The number of unbranched alkanes of at least 4 members (excludes halogenated alkanes) is 6. The van der Waals surface area contributed by atoms with E-state index in [0.29, 0.717) is 30.2 Å². The van der Waals surface area contributed by atoms with Crippen molar-refractivity contribution in [3.05, 3.63) is 94.9 Å². The number of nitrogens with one attached hydrogen (secondary N) is 4. The molecule has 1 aromatic heterocycles. The average molecular weight is 916 g/mol. The van der Waals surface area contributed by atoms with Crippen molar-refractivity contribution in [3.63, 3.8) is 0 Å². The number of rotatable bonds is 23. The van der Waals surface area contributed by atoms with E-state index in [-0.39, 0.29) is 50.2 Å². The minimum atomic E-state index is -0.936. The Morgan fingerprint density at radius 2 is 1.51 bits per heavy atom. The fourth-order valence-electron chi connectivity index (χ4n) is 7.35. The number of nitrogens with zero attached hydrogens (tertiary/aromatic N) is 2. The van der Waals surface area contributed by atoms with Gasteiger partial charge in [0.25, 0.3) is 5.91 Å². The highest BCUT2D eigenvalue weighted by Crippen LogP contribution is 2.29. The molecule has 3 aromatic carbocycles. The molecule has 0 saturated carbocycles. The molecule has 65 heavy (non-hydrogen) atoms. The second-order valence-corrected chi connectivity index (χ2v) is 18.2. The smallest absolute Gasteiger partial charge is 0.255 e. The summed E-state index contributed by atoms with van der Waals surface area (Å²) in [6.07, 6.45) is 5.82. The summed E-state index contributed by atoms with van der Waals surface area (Å²) in [6.45, 7) is 8.31. The van der Waals surface area contributed by atoms with Crippen LogP contribution in [0.4, 0.5) is 21.5 Å². The lowest BCUT2D eigenvalue weighted by atomic mass is 9.85. The van der Waals surface area contributed by atoms with Gasteiger partial charge in [0.05, 0.1) is 33.6 Å². The topological polar surface area (TPSA) is 214 Å². The third kappa shape index (κ3) is 15.7. The first-order valence-electron chi connectivity index (χ1n) is 22.1. The normalized spacial score (nSPS) is 15.3. The fourth-order valence-corrected chi connectivity index (χ4v) is 8.16. The van der Waals surface area contributed by atoms with Gasteiger partial charge in [-0.2, -0.15) is 0 Å². The first kappa shape index (κ1) is 50.3. The Bertz CT molecular complexity index is 2210. The van der Waals surface area contributed by atoms with E-state index in [0.717, 1.165) is 72.7 Å². The third-order valence-corrected chi connectivity index (χ3v) is 11.9.